The van der Waals surface area contributed by atoms with Crippen molar-refractivity contribution < 1.29 is 4.79 Å². The minimum Gasteiger partial charge on any atom is -0.300 e. The van der Waals surface area contributed by atoms with Crippen molar-refractivity contribution in [2.45, 2.75) is 104 Å². The molecule has 0 atom stereocenters. The van der Waals surface area contributed by atoms with E-state index in [1.807, 2.05) is 0 Å². The molecule has 0 bridgehead atoms. The van der Waals surface area contributed by atoms with Gasteiger partial charge in [0.25, 0.3) is 0 Å². The average molecular weight is 254 g/mol. The topological polar surface area (TPSA) is 17.1 Å². The summed E-state index contributed by atoms with van der Waals surface area (Å²) < 4.78 is 0. The monoisotopic (exact) mass is 254 g/mol. The van der Waals surface area contributed by atoms with Crippen molar-refractivity contribution in [3.05, 3.63) is 0 Å². The van der Waals surface area contributed by atoms with E-state index in [0.29, 0.717) is 5.78 Å². The molecule has 0 rings (SSSR count). The summed E-state index contributed by atoms with van der Waals surface area (Å²) >= 11 is 0. The first kappa shape index (κ1) is 17.7. The van der Waals surface area contributed by atoms with Crippen molar-refractivity contribution in [1.29, 1.82) is 0 Å². The summed E-state index contributed by atoms with van der Waals surface area (Å²) in [6.45, 7) is 4.41. The van der Waals surface area contributed by atoms with Gasteiger partial charge in [0.15, 0.2) is 0 Å². The summed E-state index contributed by atoms with van der Waals surface area (Å²) in [5.74, 6) is 0.483. The molecular weight excluding hydrogens is 220 g/mol. The summed E-state index contributed by atoms with van der Waals surface area (Å²) in [5.41, 5.74) is 0. The van der Waals surface area contributed by atoms with Gasteiger partial charge >= 0.3 is 0 Å². The number of unbranched alkanes of at least 4 members (excludes halogenated alkanes) is 10. The number of hydrogen-bond donors (Lipinski definition) is 0. The largest absolute Gasteiger partial charge is 0.300 e. The Morgan fingerprint density at radius 2 is 0.944 bits per heavy atom. The van der Waals surface area contributed by atoms with Crippen LogP contribution in [0.15, 0.2) is 0 Å². The minimum absolute atomic E-state index is 0.483. The van der Waals surface area contributed by atoms with Crippen LogP contribution in [0, 0.1) is 0 Å². The molecule has 0 saturated carbocycles. The fraction of sp³-hybridized carbons (Fsp3) is 0.941. The van der Waals surface area contributed by atoms with Crippen molar-refractivity contribution in [3.8, 4) is 0 Å². The maximum absolute atomic E-state index is 11.4. The first-order valence-electron chi connectivity index (χ1n) is 8.33. The third-order valence-electron chi connectivity index (χ3n) is 3.62. The van der Waals surface area contributed by atoms with Crippen LogP contribution in [0.25, 0.3) is 0 Å². The molecule has 0 aromatic carbocycles. The molecule has 0 aromatic heterocycles. The van der Waals surface area contributed by atoms with Crippen molar-refractivity contribution in [2.75, 3.05) is 0 Å². The van der Waals surface area contributed by atoms with Gasteiger partial charge in [-0.05, 0) is 12.8 Å². The van der Waals surface area contributed by atoms with Crippen molar-refractivity contribution >= 4 is 5.78 Å². The van der Waals surface area contributed by atoms with E-state index in [4.69, 9.17) is 0 Å². The van der Waals surface area contributed by atoms with Gasteiger partial charge in [0.1, 0.15) is 5.78 Å². The molecule has 1 heteroatoms. The third kappa shape index (κ3) is 13.7. The number of carbonyl (C=O) groups excluding carboxylic acids is 1. The van der Waals surface area contributed by atoms with E-state index >= 15 is 0 Å². The Morgan fingerprint density at radius 1 is 0.556 bits per heavy atom. The van der Waals surface area contributed by atoms with Gasteiger partial charge in [-0.1, -0.05) is 78.1 Å². The van der Waals surface area contributed by atoms with Crippen molar-refractivity contribution in [2.24, 2.45) is 0 Å². The summed E-state index contributed by atoms with van der Waals surface area (Å²) in [5, 5.41) is 0. The zero-order valence-corrected chi connectivity index (χ0v) is 12.8. The molecule has 0 radical (unpaired) electrons. The first-order chi connectivity index (χ1) is 8.81. The molecule has 0 aliphatic rings. The second-order valence-corrected chi connectivity index (χ2v) is 5.57. The van der Waals surface area contributed by atoms with E-state index in [-0.39, 0.29) is 0 Å². The number of rotatable bonds is 14. The lowest BCUT2D eigenvalue weighted by molar-refractivity contribution is -0.119. The highest BCUT2D eigenvalue weighted by atomic mass is 16.1. The highest BCUT2D eigenvalue weighted by Gasteiger charge is 2.00. The molecule has 0 amide bonds. The average Bonchev–Trinajstić information content (AvgIpc) is 2.38. The van der Waals surface area contributed by atoms with Crippen LogP contribution in [0.2, 0.25) is 0 Å². The van der Waals surface area contributed by atoms with Crippen LogP contribution >= 0.6 is 0 Å². The van der Waals surface area contributed by atoms with E-state index in [2.05, 4.69) is 13.8 Å². The lowest BCUT2D eigenvalue weighted by Crippen LogP contribution is -1.96. The maximum Gasteiger partial charge on any atom is 0.132 e. The lowest BCUT2D eigenvalue weighted by Gasteiger charge is -2.02. The highest BCUT2D eigenvalue weighted by molar-refractivity contribution is 5.78. The Balaban J connectivity index is 3.04. The van der Waals surface area contributed by atoms with Gasteiger partial charge in [-0.25, -0.2) is 0 Å². The van der Waals surface area contributed by atoms with Crippen LogP contribution in [0.3, 0.4) is 0 Å². The number of carbonyl (C=O) groups is 1. The molecule has 0 N–H and O–H groups in total. The summed E-state index contributed by atoms with van der Waals surface area (Å²) in [6.07, 6.45) is 17.3. The molecule has 0 fully saturated rings. The summed E-state index contributed by atoms with van der Waals surface area (Å²) in [6, 6.07) is 0. The van der Waals surface area contributed by atoms with E-state index in [0.717, 1.165) is 32.1 Å². The van der Waals surface area contributed by atoms with Gasteiger partial charge in [-0.3, -0.25) is 4.79 Å². The zero-order valence-electron chi connectivity index (χ0n) is 12.8. The lowest BCUT2D eigenvalue weighted by atomic mass is 10.0. The molecule has 0 aromatic rings. The van der Waals surface area contributed by atoms with Crippen LogP contribution in [0.4, 0.5) is 0 Å². The Labute approximate surface area is 115 Å². The van der Waals surface area contributed by atoms with Crippen LogP contribution in [-0.4, -0.2) is 5.78 Å². The molecule has 0 aliphatic carbocycles. The molecular formula is C17H34O. The van der Waals surface area contributed by atoms with Crippen molar-refractivity contribution in [3.63, 3.8) is 0 Å². The van der Waals surface area contributed by atoms with Gasteiger partial charge in [-0.2, -0.15) is 0 Å². The van der Waals surface area contributed by atoms with Crippen LogP contribution in [-0.2, 0) is 4.79 Å². The van der Waals surface area contributed by atoms with Crippen molar-refractivity contribution in [1.82, 2.24) is 0 Å². The van der Waals surface area contributed by atoms with Gasteiger partial charge in [0, 0.05) is 12.8 Å². The fourth-order valence-electron chi connectivity index (χ4n) is 2.31. The predicted molar refractivity (Wildman–Crippen MR) is 81.0 cm³/mol. The number of hydrogen-bond acceptors (Lipinski definition) is 1. The van der Waals surface area contributed by atoms with E-state index < -0.39 is 0 Å². The minimum atomic E-state index is 0.483. The standard InChI is InChI=1S/C17H34O/c1-3-5-7-8-9-10-11-12-13-14-16-17(18)15-6-4-2/h3-16H2,1-2H3. The SMILES string of the molecule is CCCCCCCCCCCCC(=O)CCCC. The second-order valence-electron chi connectivity index (χ2n) is 5.57. The van der Waals surface area contributed by atoms with Gasteiger partial charge in [-0.15, -0.1) is 0 Å². The highest BCUT2D eigenvalue weighted by Crippen LogP contribution is 2.12. The number of Topliss-reactive ketones (excluding diaryl/α,β-unsaturated/α-hetero) is 1. The summed E-state index contributed by atoms with van der Waals surface area (Å²) in [4.78, 5) is 11.4. The summed E-state index contributed by atoms with van der Waals surface area (Å²) in [7, 11) is 0. The smallest absolute Gasteiger partial charge is 0.132 e. The van der Waals surface area contributed by atoms with E-state index in [9.17, 15) is 4.79 Å². The zero-order chi connectivity index (χ0) is 13.5. The van der Waals surface area contributed by atoms with Gasteiger partial charge in [0.2, 0.25) is 0 Å². The van der Waals surface area contributed by atoms with Gasteiger partial charge in [0.05, 0.1) is 0 Å². The normalized spacial score (nSPS) is 10.8. The molecule has 108 valence electrons. The second kappa shape index (κ2) is 14.7. The van der Waals surface area contributed by atoms with Gasteiger partial charge < -0.3 is 0 Å². The van der Waals surface area contributed by atoms with E-state index in [1.165, 1.54) is 57.8 Å². The van der Waals surface area contributed by atoms with Crippen LogP contribution in [0.1, 0.15) is 104 Å². The van der Waals surface area contributed by atoms with Crippen LogP contribution in [0.5, 0.6) is 0 Å². The number of ketones is 1. The predicted octanol–water partition coefficient (Wildman–Crippen LogP) is 6.06. The molecule has 0 unspecified atom stereocenters. The Bertz CT molecular complexity index is 174. The fourth-order valence-corrected chi connectivity index (χ4v) is 2.31. The molecule has 0 aliphatic heterocycles. The molecule has 0 heterocycles. The van der Waals surface area contributed by atoms with E-state index in [1.54, 1.807) is 0 Å². The third-order valence-corrected chi connectivity index (χ3v) is 3.62. The first-order valence-corrected chi connectivity index (χ1v) is 8.33. The molecule has 0 saturated heterocycles. The molecule has 18 heavy (non-hydrogen) atoms. The Kier molecular flexibility index (Phi) is 14.5. The molecule has 1 nitrogen and oxygen atoms in total. The Morgan fingerprint density at radius 3 is 1.44 bits per heavy atom. The Hall–Kier alpha value is -0.330. The maximum atomic E-state index is 11.4. The quantitative estimate of drug-likeness (QED) is 0.344. The molecule has 0 spiro atoms. The van der Waals surface area contributed by atoms with Crippen LogP contribution < -0.4 is 0 Å².